The van der Waals surface area contributed by atoms with Gasteiger partial charge in [0.25, 0.3) is 0 Å². The summed E-state index contributed by atoms with van der Waals surface area (Å²) < 4.78 is 5.79. The van der Waals surface area contributed by atoms with Crippen molar-refractivity contribution in [3.63, 3.8) is 0 Å². The first kappa shape index (κ1) is 13.5. The first-order chi connectivity index (χ1) is 6.95. The molecular weight excluding hydrogens is 266 g/mol. The van der Waals surface area contributed by atoms with Crippen LogP contribution in [0.4, 0.5) is 0 Å². The largest absolute Gasteiger partial charge is 1.00 e. The molecule has 1 saturated carbocycles. The molecule has 16 heavy (non-hydrogen) atoms. The standard InChI is InChI=1S/C13H16O.BrH.H3N/c1-2-6-11-10(5-1)9-14-13-8-4-3-7-12(11)13;;/h3-4,7-8,10-11H,1-2,5-6,9H2;1H;1H3. The lowest BCUT2D eigenvalue weighted by Crippen LogP contribution is -3.00. The molecule has 0 aromatic heterocycles. The summed E-state index contributed by atoms with van der Waals surface area (Å²) in [5.74, 6) is 2.71. The third-order valence-corrected chi connectivity index (χ3v) is 3.68. The van der Waals surface area contributed by atoms with Crippen molar-refractivity contribution in [2.75, 3.05) is 6.61 Å². The fourth-order valence-corrected chi connectivity index (χ4v) is 2.93. The van der Waals surface area contributed by atoms with E-state index in [0.717, 1.165) is 24.2 Å². The van der Waals surface area contributed by atoms with E-state index < -0.39 is 0 Å². The van der Waals surface area contributed by atoms with Crippen LogP contribution in [0.15, 0.2) is 24.3 Å². The quantitative estimate of drug-likeness (QED) is 0.751. The molecule has 2 aliphatic rings. The molecule has 4 N–H and O–H groups in total. The molecule has 1 aromatic rings. The van der Waals surface area contributed by atoms with Crippen LogP contribution in [0.2, 0.25) is 0 Å². The minimum absolute atomic E-state index is 0. The lowest BCUT2D eigenvalue weighted by Gasteiger charge is -2.36. The van der Waals surface area contributed by atoms with E-state index in [1.165, 1.54) is 31.2 Å². The van der Waals surface area contributed by atoms with Gasteiger partial charge < -0.3 is 27.9 Å². The molecule has 1 fully saturated rings. The van der Waals surface area contributed by atoms with Gasteiger partial charge in [-0.3, -0.25) is 0 Å². The van der Waals surface area contributed by atoms with E-state index in [9.17, 15) is 0 Å². The number of halogens is 1. The lowest BCUT2D eigenvalue weighted by molar-refractivity contribution is -0.00000375. The van der Waals surface area contributed by atoms with Crippen LogP contribution in [0, 0.1) is 5.92 Å². The summed E-state index contributed by atoms with van der Waals surface area (Å²) in [4.78, 5) is 0. The molecule has 1 heterocycles. The zero-order chi connectivity index (χ0) is 9.38. The van der Waals surface area contributed by atoms with Crippen molar-refractivity contribution in [1.82, 2.24) is 6.15 Å². The molecule has 3 rings (SSSR count). The predicted molar refractivity (Wildman–Crippen MR) is 62.6 cm³/mol. The highest BCUT2D eigenvalue weighted by atomic mass is 79.9. The topological polar surface area (TPSA) is 45.7 Å². The molecule has 2 unspecified atom stereocenters. The highest BCUT2D eigenvalue weighted by Crippen LogP contribution is 2.44. The second-order valence-corrected chi connectivity index (χ2v) is 4.50. The molecular formula is C13H20BrNO. The van der Waals surface area contributed by atoms with Gasteiger partial charge in [-0.1, -0.05) is 31.0 Å². The van der Waals surface area contributed by atoms with Crippen molar-refractivity contribution in [3.8, 4) is 5.75 Å². The van der Waals surface area contributed by atoms with Crippen LogP contribution in [0.3, 0.4) is 0 Å². The summed E-state index contributed by atoms with van der Waals surface area (Å²) >= 11 is 0. The van der Waals surface area contributed by atoms with Gasteiger partial charge in [0.15, 0.2) is 0 Å². The van der Waals surface area contributed by atoms with E-state index in [0.29, 0.717) is 0 Å². The number of fused-ring (bicyclic) bond motifs is 3. The second kappa shape index (κ2) is 5.69. The van der Waals surface area contributed by atoms with Gasteiger partial charge in [-0.2, -0.15) is 0 Å². The summed E-state index contributed by atoms with van der Waals surface area (Å²) in [6.45, 7) is 0.946. The average molecular weight is 286 g/mol. The molecule has 0 radical (unpaired) electrons. The average Bonchev–Trinajstić information content (AvgIpc) is 2.29. The third kappa shape index (κ3) is 2.25. The maximum absolute atomic E-state index is 5.79. The number of benzene rings is 1. The van der Waals surface area contributed by atoms with Crippen molar-refractivity contribution >= 4 is 0 Å². The maximum atomic E-state index is 5.79. The van der Waals surface area contributed by atoms with Crippen LogP contribution in [-0.2, 0) is 0 Å². The summed E-state index contributed by atoms with van der Waals surface area (Å²) in [5, 5.41) is 0. The second-order valence-electron chi connectivity index (χ2n) is 4.50. The Hall–Kier alpha value is -0.540. The molecule has 1 aromatic carbocycles. The molecule has 90 valence electrons. The zero-order valence-corrected chi connectivity index (χ0v) is 11.4. The van der Waals surface area contributed by atoms with Crippen molar-refractivity contribution in [2.45, 2.75) is 31.6 Å². The fourth-order valence-electron chi connectivity index (χ4n) is 2.93. The minimum Gasteiger partial charge on any atom is -1.00 e. The van der Waals surface area contributed by atoms with Gasteiger partial charge in [-0.05, 0) is 36.3 Å². The van der Waals surface area contributed by atoms with Gasteiger partial charge in [0.1, 0.15) is 5.75 Å². The number of quaternary nitrogens is 1. The Morgan fingerprint density at radius 3 is 2.69 bits per heavy atom. The smallest absolute Gasteiger partial charge is 0.122 e. The van der Waals surface area contributed by atoms with Gasteiger partial charge in [-0.15, -0.1) is 0 Å². The first-order valence-corrected chi connectivity index (χ1v) is 5.67. The molecule has 0 saturated heterocycles. The fraction of sp³-hybridized carbons (Fsp3) is 0.538. The van der Waals surface area contributed by atoms with E-state index in [-0.39, 0.29) is 23.1 Å². The van der Waals surface area contributed by atoms with E-state index in [4.69, 9.17) is 4.74 Å². The summed E-state index contributed by atoms with van der Waals surface area (Å²) in [6.07, 6.45) is 5.52. The van der Waals surface area contributed by atoms with Crippen LogP contribution in [0.5, 0.6) is 5.75 Å². The zero-order valence-electron chi connectivity index (χ0n) is 9.79. The van der Waals surface area contributed by atoms with Gasteiger partial charge in [0.05, 0.1) is 6.61 Å². The van der Waals surface area contributed by atoms with E-state index in [1.54, 1.807) is 0 Å². The predicted octanol–water partition coefficient (Wildman–Crippen LogP) is 0.733. The Labute approximate surface area is 108 Å². The molecule has 1 aliphatic carbocycles. The Balaban J connectivity index is 0.000000640. The number of hydrogen-bond acceptors (Lipinski definition) is 1. The Bertz CT molecular complexity index is 342. The van der Waals surface area contributed by atoms with E-state index in [2.05, 4.69) is 24.3 Å². The van der Waals surface area contributed by atoms with Crippen LogP contribution in [0.1, 0.15) is 37.2 Å². The minimum atomic E-state index is 0. The molecule has 0 bridgehead atoms. The van der Waals surface area contributed by atoms with Crippen LogP contribution < -0.4 is 27.9 Å². The van der Waals surface area contributed by atoms with Gasteiger partial charge >= 0.3 is 0 Å². The first-order valence-electron chi connectivity index (χ1n) is 5.67. The number of hydrogen-bond donors (Lipinski definition) is 1. The molecule has 0 spiro atoms. The molecule has 2 atom stereocenters. The molecule has 3 heteroatoms. The summed E-state index contributed by atoms with van der Waals surface area (Å²) in [7, 11) is 0. The summed E-state index contributed by atoms with van der Waals surface area (Å²) in [5.41, 5.74) is 1.46. The van der Waals surface area contributed by atoms with Gasteiger partial charge in [-0.25, -0.2) is 0 Å². The van der Waals surface area contributed by atoms with Gasteiger partial charge in [0.2, 0.25) is 0 Å². The highest BCUT2D eigenvalue weighted by molar-refractivity contribution is 5.38. The van der Waals surface area contributed by atoms with Crippen molar-refractivity contribution in [1.29, 1.82) is 0 Å². The number of ether oxygens (including phenoxy) is 1. The van der Waals surface area contributed by atoms with Crippen LogP contribution >= 0.6 is 0 Å². The molecule has 0 amide bonds. The Morgan fingerprint density at radius 2 is 1.81 bits per heavy atom. The van der Waals surface area contributed by atoms with Crippen molar-refractivity contribution in [3.05, 3.63) is 29.8 Å². The normalized spacial score (nSPS) is 26.2. The number of para-hydroxylation sites is 1. The SMILES string of the molecule is [Br-].[NH4+].c1ccc2c(c1)OCC1CCCCC21. The number of rotatable bonds is 0. The van der Waals surface area contributed by atoms with Crippen LogP contribution in [0.25, 0.3) is 0 Å². The highest BCUT2D eigenvalue weighted by Gasteiger charge is 2.32. The molecule has 2 nitrogen and oxygen atoms in total. The Morgan fingerprint density at radius 1 is 1.06 bits per heavy atom. The summed E-state index contributed by atoms with van der Waals surface area (Å²) in [6, 6.07) is 8.57. The van der Waals surface area contributed by atoms with Crippen LogP contribution in [-0.4, -0.2) is 6.61 Å². The monoisotopic (exact) mass is 285 g/mol. The third-order valence-electron chi connectivity index (χ3n) is 3.68. The molecule has 1 aliphatic heterocycles. The van der Waals surface area contributed by atoms with Crippen molar-refractivity contribution in [2.24, 2.45) is 5.92 Å². The lowest BCUT2D eigenvalue weighted by atomic mass is 9.74. The maximum Gasteiger partial charge on any atom is 0.122 e. The van der Waals surface area contributed by atoms with E-state index in [1.807, 2.05) is 0 Å². The van der Waals surface area contributed by atoms with Gasteiger partial charge in [0, 0.05) is 0 Å². The van der Waals surface area contributed by atoms with Crippen molar-refractivity contribution < 1.29 is 21.7 Å². The Kier molecular flexibility index (Phi) is 4.81. The van der Waals surface area contributed by atoms with E-state index >= 15 is 0 Å².